The second-order valence-electron chi connectivity index (χ2n) is 6.89. The van der Waals surface area contributed by atoms with Gasteiger partial charge in [0.15, 0.2) is 0 Å². The molecular formula is C20H29Cl3SiTi. The second kappa shape index (κ2) is 10.6. The summed E-state index contributed by atoms with van der Waals surface area (Å²) in [4.78, 5) is 0. The van der Waals surface area contributed by atoms with Crippen LogP contribution in [-0.2, 0) is 14.7 Å². The van der Waals surface area contributed by atoms with Crippen molar-refractivity contribution in [1.29, 1.82) is 0 Å². The van der Waals surface area contributed by atoms with Crippen LogP contribution in [0.2, 0.25) is 12.6 Å². The van der Waals surface area contributed by atoms with Crippen LogP contribution in [0.4, 0.5) is 0 Å². The quantitative estimate of drug-likeness (QED) is 0.350. The molecule has 0 saturated heterocycles. The molecule has 0 amide bonds. The zero-order valence-electron chi connectivity index (χ0n) is 16.1. The maximum atomic E-state index is 4.97. The molecule has 2 aromatic carbocycles. The van der Waals surface area contributed by atoms with E-state index in [1.165, 1.54) is 30.0 Å². The molecule has 0 aliphatic rings. The van der Waals surface area contributed by atoms with Gasteiger partial charge in [0.1, 0.15) is 0 Å². The van der Waals surface area contributed by atoms with Gasteiger partial charge in [0.05, 0.1) is 8.07 Å². The van der Waals surface area contributed by atoms with Gasteiger partial charge in [-0.05, 0) is 0 Å². The number of rotatable bonds is 5. The summed E-state index contributed by atoms with van der Waals surface area (Å²) in [6, 6.07) is 12.6. The van der Waals surface area contributed by atoms with Crippen molar-refractivity contribution in [2.75, 3.05) is 0 Å². The van der Waals surface area contributed by atoms with Crippen molar-refractivity contribution in [3.63, 3.8) is 0 Å². The van der Waals surface area contributed by atoms with Gasteiger partial charge in [0.2, 0.25) is 0 Å². The number of halogens is 3. The van der Waals surface area contributed by atoms with Crippen molar-refractivity contribution in [2.24, 2.45) is 0 Å². The molecule has 0 aromatic heterocycles. The van der Waals surface area contributed by atoms with E-state index in [1.54, 1.807) is 21.5 Å². The third kappa shape index (κ3) is 5.93. The fourth-order valence-electron chi connectivity index (χ4n) is 3.80. The first-order valence-electron chi connectivity index (χ1n) is 8.79. The summed E-state index contributed by atoms with van der Waals surface area (Å²) in [5, 5.41) is 3.30. The summed E-state index contributed by atoms with van der Waals surface area (Å²) in [5.41, 5.74) is 6.13. The van der Waals surface area contributed by atoms with E-state index >= 15 is 0 Å². The predicted octanol–water partition coefficient (Wildman–Crippen LogP) is 6.70. The van der Waals surface area contributed by atoms with Crippen LogP contribution in [0.1, 0.15) is 42.0 Å². The molecule has 0 heterocycles. The molecule has 0 spiro atoms. The van der Waals surface area contributed by atoms with Gasteiger partial charge in [-0.2, -0.15) is 22.3 Å². The van der Waals surface area contributed by atoms with Crippen molar-refractivity contribution in [3.8, 4) is 0 Å². The molecular weight excluding hydrogens is 423 g/mol. The van der Waals surface area contributed by atoms with Crippen LogP contribution < -0.4 is 10.4 Å². The number of unbranched alkanes of at least 4 members (excludes halogenated alkanes) is 1. The van der Waals surface area contributed by atoms with E-state index in [2.05, 4.69) is 71.5 Å². The third-order valence-corrected chi connectivity index (χ3v) is 10.2. The Bertz CT molecular complexity index is 639. The van der Waals surface area contributed by atoms with E-state index in [9.17, 15) is 0 Å². The molecule has 0 N–H and O–H groups in total. The van der Waals surface area contributed by atoms with E-state index in [1.807, 2.05) is 0 Å². The van der Waals surface area contributed by atoms with Gasteiger partial charge in [-0.15, -0.1) is 5.19 Å². The van der Waals surface area contributed by atoms with Gasteiger partial charge < -0.3 is 0 Å². The molecule has 1 unspecified atom stereocenters. The Morgan fingerprint density at radius 3 is 1.76 bits per heavy atom. The molecule has 25 heavy (non-hydrogen) atoms. The summed E-state index contributed by atoms with van der Waals surface area (Å²) in [5.74, 6) is 0. The Kier molecular flexibility index (Phi) is 9.96. The topological polar surface area (TPSA) is 0 Å². The van der Waals surface area contributed by atoms with Crippen LogP contribution in [0.3, 0.4) is 0 Å². The molecule has 138 valence electrons. The predicted molar refractivity (Wildman–Crippen MR) is 116 cm³/mol. The van der Waals surface area contributed by atoms with E-state index in [4.69, 9.17) is 27.9 Å². The van der Waals surface area contributed by atoms with Gasteiger partial charge in [0, 0.05) is 0 Å². The standard InChI is InChI=1S/C20H29Si.3ClH.Ti/c1-7-8-14-21(6,19-12-10-9-11-13-19)20-17(4)15(2)16(3)18(20)5;;;;/h9-13H,7-8,14H2,1-6H3;3*1H;/q-1;;;;+4/p-3. The first kappa shape index (κ1) is 23.4. The summed E-state index contributed by atoms with van der Waals surface area (Å²) in [6.45, 7) is 14.1. The molecule has 2 rings (SSSR count). The molecule has 0 aliphatic heterocycles. The molecule has 2 aromatic rings. The Morgan fingerprint density at radius 2 is 1.36 bits per heavy atom. The van der Waals surface area contributed by atoms with Crippen molar-refractivity contribution in [2.45, 2.75) is 60.1 Å². The van der Waals surface area contributed by atoms with Crippen LogP contribution in [-0.4, -0.2) is 8.07 Å². The minimum atomic E-state index is -1.92. The molecule has 0 fully saturated rings. The van der Waals surface area contributed by atoms with Crippen molar-refractivity contribution < 1.29 is 14.7 Å². The molecule has 0 saturated carbocycles. The average Bonchev–Trinajstić information content (AvgIpc) is 2.77. The maximum absolute atomic E-state index is 4.97. The molecule has 5 heteroatoms. The molecule has 0 radical (unpaired) electrons. The summed E-state index contributed by atoms with van der Waals surface area (Å²) in [6.07, 6.45) is 2.62. The van der Waals surface area contributed by atoms with Crippen LogP contribution in [0, 0.1) is 27.7 Å². The van der Waals surface area contributed by atoms with Gasteiger partial charge in [-0.1, -0.05) is 95.6 Å². The normalized spacial score (nSPS) is 13.0. The van der Waals surface area contributed by atoms with E-state index in [-0.39, 0.29) is 0 Å². The Morgan fingerprint density at radius 1 is 0.920 bits per heavy atom. The molecule has 0 aliphatic carbocycles. The Labute approximate surface area is 172 Å². The number of hydrogen-bond acceptors (Lipinski definition) is 0. The van der Waals surface area contributed by atoms with Crippen LogP contribution in [0.25, 0.3) is 0 Å². The number of benzene rings is 1. The van der Waals surface area contributed by atoms with Gasteiger partial charge in [0.25, 0.3) is 0 Å². The van der Waals surface area contributed by atoms with E-state index in [0.717, 1.165) is 0 Å². The summed E-state index contributed by atoms with van der Waals surface area (Å²) in [7, 11) is 13.3. The first-order chi connectivity index (χ1) is 11.7. The zero-order chi connectivity index (χ0) is 19.2. The molecule has 0 bridgehead atoms. The first-order valence-corrected chi connectivity index (χ1v) is 17.9. The summed E-state index contributed by atoms with van der Waals surface area (Å²) < 4.78 is 0. The zero-order valence-corrected chi connectivity index (χ0v) is 21.0. The Balaban J connectivity index is 0.000000705. The van der Waals surface area contributed by atoms with Crippen LogP contribution >= 0.6 is 27.9 Å². The van der Waals surface area contributed by atoms with Crippen molar-refractivity contribution in [1.82, 2.24) is 0 Å². The monoisotopic (exact) mass is 450 g/mol. The average molecular weight is 452 g/mol. The van der Waals surface area contributed by atoms with Crippen LogP contribution in [0.15, 0.2) is 30.3 Å². The molecule has 1 atom stereocenters. The SMILES string of the molecule is CCCC[Si](C)(c1ccccc1)[c-]1c(C)c(C)c(C)c1C.[Cl][Ti+]([Cl])[Cl]. The Hall–Kier alpha value is 0.371. The molecule has 0 nitrogen and oxygen atoms in total. The van der Waals surface area contributed by atoms with Crippen molar-refractivity contribution in [3.05, 3.63) is 52.6 Å². The van der Waals surface area contributed by atoms with Gasteiger partial charge in [-0.25, -0.2) is 0 Å². The minimum absolute atomic E-state index is 1.28. The van der Waals surface area contributed by atoms with E-state index < -0.39 is 22.8 Å². The fourth-order valence-corrected chi connectivity index (χ4v) is 8.64. The fraction of sp³-hybridized carbons (Fsp3) is 0.450. The van der Waals surface area contributed by atoms with Crippen LogP contribution in [0.5, 0.6) is 0 Å². The van der Waals surface area contributed by atoms with E-state index in [0.29, 0.717) is 0 Å². The number of hydrogen-bond donors (Lipinski definition) is 0. The van der Waals surface area contributed by atoms with Gasteiger partial charge >= 0.3 is 42.6 Å². The third-order valence-electron chi connectivity index (χ3n) is 5.43. The van der Waals surface area contributed by atoms with Crippen molar-refractivity contribution >= 4 is 46.4 Å². The van der Waals surface area contributed by atoms with Gasteiger partial charge in [-0.3, -0.25) is 0 Å². The summed E-state index contributed by atoms with van der Waals surface area (Å²) >= 11 is -1.92. The second-order valence-corrected chi connectivity index (χ2v) is 18.9.